The minimum absolute atomic E-state index is 0.182. The molecule has 3 nitrogen and oxygen atoms in total. The zero-order valence-corrected chi connectivity index (χ0v) is 17.6. The maximum atomic E-state index is 9.59. The molecule has 0 bridgehead atoms. The average Bonchev–Trinajstić information content (AvgIpc) is 3.04. The quantitative estimate of drug-likeness (QED) is 0.578. The third-order valence-corrected chi connectivity index (χ3v) is 6.35. The highest BCUT2D eigenvalue weighted by Crippen LogP contribution is 2.49. The van der Waals surface area contributed by atoms with Crippen molar-refractivity contribution in [1.82, 2.24) is 4.57 Å². The Morgan fingerprint density at radius 2 is 1.78 bits per heavy atom. The first-order valence-corrected chi connectivity index (χ1v) is 10.2. The van der Waals surface area contributed by atoms with Crippen LogP contribution in [-0.4, -0.2) is 16.3 Å². The average molecular weight is 425 g/mol. The van der Waals surface area contributed by atoms with Crippen molar-refractivity contribution < 1.29 is 5.11 Å². The molecule has 27 heavy (non-hydrogen) atoms. The summed E-state index contributed by atoms with van der Waals surface area (Å²) < 4.78 is 3.29. The summed E-state index contributed by atoms with van der Waals surface area (Å²) in [7, 11) is 2.11. The van der Waals surface area contributed by atoms with Crippen molar-refractivity contribution >= 4 is 21.6 Å². The fourth-order valence-corrected chi connectivity index (χ4v) is 4.53. The van der Waals surface area contributed by atoms with Crippen LogP contribution in [0.5, 0.6) is 0 Å². The molecule has 4 heteroatoms. The molecule has 0 spiro atoms. The van der Waals surface area contributed by atoms with Crippen molar-refractivity contribution in [2.45, 2.75) is 32.2 Å². The Balaban J connectivity index is 1.99. The van der Waals surface area contributed by atoms with Crippen LogP contribution in [0.3, 0.4) is 0 Å². The Labute approximate surface area is 169 Å². The second kappa shape index (κ2) is 6.84. The van der Waals surface area contributed by atoms with E-state index in [0.29, 0.717) is 0 Å². The number of halogens is 1. The van der Waals surface area contributed by atoms with E-state index in [1.54, 1.807) is 0 Å². The highest BCUT2D eigenvalue weighted by molar-refractivity contribution is 9.10. The summed E-state index contributed by atoms with van der Waals surface area (Å²) in [6.45, 7) is 4.51. The number of aliphatic hydroxyl groups excluding tert-OH is 1. The van der Waals surface area contributed by atoms with Gasteiger partial charge in [-0.15, -0.1) is 0 Å². The first-order chi connectivity index (χ1) is 13.0. The van der Waals surface area contributed by atoms with Gasteiger partial charge in [-0.3, -0.25) is 0 Å². The van der Waals surface area contributed by atoms with E-state index in [1.807, 2.05) is 0 Å². The summed E-state index contributed by atoms with van der Waals surface area (Å²) in [5.74, 6) is 0. The third-order valence-electron chi connectivity index (χ3n) is 5.82. The van der Waals surface area contributed by atoms with Gasteiger partial charge in [-0.1, -0.05) is 28.1 Å². The molecule has 0 radical (unpaired) electrons. The van der Waals surface area contributed by atoms with E-state index in [0.717, 1.165) is 23.0 Å². The second-order valence-corrected chi connectivity index (χ2v) is 8.45. The second-order valence-electron chi connectivity index (χ2n) is 7.54. The molecule has 2 heterocycles. The lowest BCUT2D eigenvalue weighted by molar-refractivity contribution is 0.273. The van der Waals surface area contributed by atoms with Crippen LogP contribution in [0.2, 0.25) is 0 Å². The van der Waals surface area contributed by atoms with Crippen molar-refractivity contribution in [2.75, 3.05) is 11.9 Å². The Morgan fingerprint density at radius 1 is 1.07 bits per heavy atom. The largest absolute Gasteiger partial charge is 0.396 e. The zero-order chi connectivity index (χ0) is 19.2. The molecular formula is C23H25BrN2O. The number of anilines is 1. The predicted octanol–water partition coefficient (Wildman–Crippen LogP) is 5.51. The van der Waals surface area contributed by atoms with Gasteiger partial charge in [0, 0.05) is 41.1 Å². The topological polar surface area (TPSA) is 37.2 Å². The van der Waals surface area contributed by atoms with E-state index in [-0.39, 0.29) is 12.1 Å². The van der Waals surface area contributed by atoms with E-state index >= 15 is 0 Å². The van der Waals surface area contributed by atoms with Crippen LogP contribution in [0, 0.1) is 13.8 Å². The van der Waals surface area contributed by atoms with Crippen LogP contribution in [0.1, 0.15) is 35.1 Å². The fraction of sp³-hybridized carbons (Fsp3) is 0.304. The monoisotopic (exact) mass is 424 g/mol. The van der Waals surface area contributed by atoms with Crippen LogP contribution < -0.4 is 5.32 Å². The smallest absolute Gasteiger partial charge is 0.0901 e. The minimum atomic E-state index is -0.352. The van der Waals surface area contributed by atoms with Gasteiger partial charge in [0.2, 0.25) is 0 Å². The van der Waals surface area contributed by atoms with Crippen LogP contribution in [-0.2, 0) is 12.6 Å². The predicted molar refractivity (Wildman–Crippen MR) is 115 cm³/mol. The first kappa shape index (κ1) is 18.3. The molecule has 0 saturated carbocycles. The van der Waals surface area contributed by atoms with Gasteiger partial charge in [-0.05, 0) is 73.7 Å². The molecule has 1 atom stereocenters. The van der Waals surface area contributed by atoms with Crippen LogP contribution in [0.25, 0.3) is 11.3 Å². The van der Waals surface area contributed by atoms with E-state index in [4.69, 9.17) is 0 Å². The van der Waals surface area contributed by atoms with Crippen molar-refractivity contribution in [1.29, 1.82) is 0 Å². The van der Waals surface area contributed by atoms with Gasteiger partial charge in [0.05, 0.1) is 11.2 Å². The molecule has 0 unspecified atom stereocenters. The fourth-order valence-electron chi connectivity index (χ4n) is 4.27. The number of fused-ring (bicyclic) bond motifs is 3. The SMILES string of the molecule is Cc1cc2c(cc1C)-c1c(ccn1C)[C@](CCCO)(c1ccc(Br)cc1)N2. The highest BCUT2D eigenvalue weighted by Gasteiger charge is 2.41. The normalized spacial score (nSPS) is 18.0. The Morgan fingerprint density at radius 3 is 2.48 bits per heavy atom. The number of rotatable bonds is 4. The lowest BCUT2D eigenvalue weighted by atomic mass is 9.75. The number of hydrogen-bond acceptors (Lipinski definition) is 2. The number of hydrogen-bond donors (Lipinski definition) is 2. The number of nitrogens with one attached hydrogen (secondary N) is 1. The molecule has 0 aliphatic carbocycles. The van der Waals surface area contributed by atoms with Gasteiger partial charge in [-0.2, -0.15) is 0 Å². The molecule has 1 aliphatic heterocycles. The molecule has 0 fully saturated rings. The van der Waals surface area contributed by atoms with Crippen molar-refractivity contribution in [2.24, 2.45) is 7.05 Å². The van der Waals surface area contributed by atoms with Crippen molar-refractivity contribution in [3.8, 4) is 11.3 Å². The van der Waals surface area contributed by atoms with E-state index in [1.165, 1.54) is 33.5 Å². The van der Waals surface area contributed by atoms with E-state index < -0.39 is 0 Å². The van der Waals surface area contributed by atoms with Crippen molar-refractivity contribution in [3.05, 3.63) is 75.4 Å². The van der Waals surface area contributed by atoms with Gasteiger partial charge >= 0.3 is 0 Å². The van der Waals surface area contributed by atoms with Gasteiger partial charge < -0.3 is 15.0 Å². The highest BCUT2D eigenvalue weighted by atomic mass is 79.9. The minimum Gasteiger partial charge on any atom is -0.396 e. The lowest BCUT2D eigenvalue weighted by Gasteiger charge is -2.41. The maximum Gasteiger partial charge on any atom is 0.0901 e. The van der Waals surface area contributed by atoms with Crippen molar-refractivity contribution in [3.63, 3.8) is 0 Å². The molecule has 1 aliphatic rings. The van der Waals surface area contributed by atoms with Crippen LogP contribution in [0.4, 0.5) is 5.69 Å². The van der Waals surface area contributed by atoms with Crippen LogP contribution >= 0.6 is 15.9 Å². The molecule has 2 aromatic carbocycles. The maximum absolute atomic E-state index is 9.59. The van der Waals surface area contributed by atoms with Gasteiger partial charge in [0.25, 0.3) is 0 Å². The van der Waals surface area contributed by atoms with Gasteiger partial charge in [-0.25, -0.2) is 0 Å². The number of benzene rings is 2. The number of aliphatic hydroxyl groups is 1. The van der Waals surface area contributed by atoms with Gasteiger partial charge in [0.15, 0.2) is 0 Å². The molecule has 0 saturated heterocycles. The van der Waals surface area contributed by atoms with E-state index in [2.05, 4.69) is 95.4 Å². The molecule has 0 amide bonds. The summed E-state index contributed by atoms with van der Waals surface area (Å²) >= 11 is 3.55. The van der Waals surface area contributed by atoms with E-state index in [9.17, 15) is 5.11 Å². The number of aryl methyl sites for hydroxylation is 3. The zero-order valence-electron chi connectivity index (χ0n) is 16.0. The Kier molecular flexibility index (Phi) is 4.65. The Bertz CT molecular complexity index is 990. The molecule has 4 rings (SSSR count). The first-order valence-electron chi connectivity index (χ1n) is 9.39. The third kappa shape index (κ3) is 2.91. The molecule has 3 aromatic rings. The molecule has 2 N–H and O–H groups in total. The Hall–Kier alpha value is -2.04. The van der Waals surface area contributed by atoms with Gasteiger partial charge in [0.1, 0.15) is 0 Å². The van der Waals surface area contributed by atoms with Crippen LogP contribution in [0.15, 0.2) is 53.1 Å². The number of aromatic nitrogens is 1. The molecule has 1 aromatic heterocycles. The summed E-state index contributed by atoms with van der Waals surface area (Å²) in [4.78, 5) is 0. The standard InChI is InChI=1S/C23H25BrN2O/c1-15-13-19-21(14-16(15)2)25-23(10-4-12-27,17-5-7-18(24)8-6-17)20-9-11-26(3)22(19)20/h5-9,11,13-14,25,27H,4,10,12H2,1-3H3/t23-/m0/s1. The molecule has 140 valence electrons. The summed E-state index contributed by atoms with van der Waals surface area (Å²) in [5.41, 5.74) is 8.39. The summed E-state index contributed by atoms with van der Waals surface area (Å²) in [6.07, 6.45) is 3.70. The lowest BCUT2D eigenvalue weighted by Crippen LogP contribution is -2.39. The summed E-state index contributed by atoms with van der Waals surface area (Å²) in [6, 6.07) is 15.3. The summed E-state index contributed by atoms with van der Waals surface area (Å²) in [5, 5.41) is 13.5. The number of nitrogens with zero attached hydrogens (tertiary/aromatic N) is 1. The molecular weight excluding hydrogens is 400 g/mol.